The molecule has 15 heteroatoms. The number of nitrogens with zero attached hydrogens (tertiary/aromatic N) is 6. The maximum Gasteiger partial charge on any atom is 0.429 e. The Morgan fingerprint density at radius 2 is 1.74 bits per heavy atom. The summed E-state index contributed by atoms with van der Waals surface area (Å²) >= 11 is 0. The molecule has 50 heavy (non-hydrogen) atoms. The van der Waals surface area contributed by atoms with Crippen LogP contribution >= 0.6 is 0 Å². The van der Waals surface area contributed by atoms with Crippen LogP contribution in [0.5, 0.6) is 5.88 Å². The van der Waals surface area contributed by atoms with Gasteiger partial charge in [0.1, 0.15) is 18.5 Å². The fraction of sp³-hybridized carbons (Fsp3) is 0.400. The Morgan fingerprint density at radius 1 is 1.02 bits per heavy atom. The average molecular weight is 694 g/mol. The average Bonchev–Trinajstić information content (AvgIpc) is 3.70. The van der Waals surface area contributed by atoms with Crippen LogP contribution in [0.2, 0.25) is 0 Å². The van der Waals surface area contributed by atoms with Crippen molar-refractivity contribution in [2.45, 2.75) is 58.0 Å². The topological polar surface area (TPSA) is 138 Å². The monoisotopic (exact) mass is 693 g/mol. The third-order valence-electron chi connectivity index (χ3n) is 9.09. The lowest BCUT2D eigenvalue weighted by atomic mass is 9.76. The number of ether oxygens (including phenoxy) is 3. The van der Waals surface area contributed by atoms with Gasteiger partial charge in [0.05, 0.1) is 18.0 Å². The fourth-order valence-corrected chi connectivity index (χ4v) is 6.62. The van der Waals surface area contributed by atoms with Crippen molar-refractivity contribution in [1.29, 1.82) is 0 Å². The molecule has 264 valence electrons. The van der Waals surface area contributed by atoms with Gasteiger partial charge in [-0.1, -0.05) is 48.5 Å². The second-order valence-electron chi connectivity index (χ2n) is 12.5. The van der Waals surface area contributed by atoms with E-state index in [0.29, 0.717) is 50.4 Å². The summed E-state index contributed by atoms with van der Waals surface area (Å²) in [5.74, 6) is -0.766. The van der Waals surface area contributed by atoms with Gasteiger partial charge in [-0.3, -0.25) is 4.90 Å². The molecule has 2 atom stereocenters. The predicted molar refractivity (Wildman–Crippen MR) is 176 cm³/mol. The molecule has 1 spiro atoms. The van der Waals surface area contributed by atoms with Crippen LogP contribution in [-0.4, -0.2) is 75.2 Å². The van der Waals surface area contributed by atoms with Gasteiger partial charge in [0.2, 0.25) is 17.9 Å². The molecule has 4 heterocycles. The number of piperidine rings is 1. The first-order chi connectivity index (χ1) is 23.9. The van der Waals surface area contributed by atoms with Crippen LogP contribution in [-0.2, 0) is 20.9 Å². The third kappa shape index (κ3) is 7.61. The smallest absolute Gasteiger partial charge is 0.429 e. The Balaban J connectivity index is 1.18. The second-order valence-corrected chi connectivity index (χ2v) is 12.5. The van der Waals surface area contributed by atoms with Crippen LogP contribution in [0.15, 0.2) is 72.9 Å². The maximum atomic E-state index is 14.6. The number of nitrogens with two attached hydrogens (primary N) is 1. The van der Waals surface area contributed by atoms with Crippen LogP contribution in [0.3, 0.4) is 0 Å². The first-order valence-electron chi connectivity index (χ1n) is 16.3. The van der Waals surface area contributed by atoms with E-state index < -0.39 is 35.8 Å². The highest BCUT2D eigenvalue weighted by atomic mass is 19.4. The van der Waals surface area contributed by atoms with E-state index in [1.165, 1.54) is 33.8 Å². The zero-order chi connectivity index (χ0) is 35.5. The number of nitrogen functional groups attached to an aromatic ring is 1. The van der Waals surface area contributed by atoms with Crippen molar-refractivity contribution < 1.29 is 37.0 Å². The van der Waals surface area contributed by atoms with Gasteiger partial charge in [0.15, 0.2) is 0 Å². The van der Waals surface area contributed by atoms with E-state index in [9.17, 15) is 22.8 Å². The summed E-state index contributed by atoms with van der Waals surface area (Å²) in [6.07, 6.45) is -4.68. The molecule has 2 aliphatic heterocycles. The van der Waals surface area contributed by atoms with Crippen molar-refractivity contribution in [3.05, 3.63) is 89.7 Å². The highest BCUT2D eigenvalue weighted by molar-refractivity contribution is 5.82. The first kappa shape index (κ1) is 34.5. The summed E-state index contributed by atoms with van der Waals surface area (Å²) < 4.78 is 61.5. The zero-order valence-electron chi connectivity index (χ0n) is 27.7. The molecule has 2 saturated heterocycles. The van der Waals surface area contributed by atoms with E-state index in [-0.39, 0.29) is 36.3 Å². The van der Waals surface area contributed by atoms with Gasteiger partial charge in [-0.05, 0) is 56.2 Å². The molecule has 2 N–H and O–H groups in total. The number of amides is 1. The molecule has 0 aliphatic carbocycles. The summed E-state index contributed by atoms with van der Waals surface area (Å²) in [5, 5.41) is 4.28. The molecule has 12 nitrogen and oxygen atoms in total. The largest absolute Gasteiger partial charge is 0.464 e. The molecule has 0 bridgehead atoms. The molecular formula is C35H38F3N7O5. The summed E-state index contributed by atoms with van der Waals surface area (Å²) in [4.78, 5) is 37.8. The Bertz CT molecular complexity index is 1810. The number of carbonyl (C=O) groups excluding carboxylic acids is 2. The van der Waals surface area contributed by atoms with Gasteiger partial charge >= 0.3 is 18.2 Å². The van der Waals surface area contributed by atoms with E-state index in [2.05, 4.69) is 15.1 Å². The number of rotatable bonds is 9. The first-order valence-corrected chi connectivity index (χ1v) is 16.3. The van der Waals surface area contributed by atoms with Gasteiger partial charge in [0.25, 0.3) is 0 Å². The highest BCUT2D eigenvalue weighted by Crippen LogP contribution is 2.45. The number of likely N-dealkylation sites (tertiary alicyclic amines) is 1. The lowest BCUT2D eigenvalue weighted by Crippen LogP contribution is -2.43. The van der Waals surface area contributed by atoms with Crippen molar-refractivity contribution in [2.24, 2.45) is 5.41 Å². The third-order valence-corrected chi connectivity index (χ3v) is 9.09. The Kier molecular flexibility index (Phi) is 9.84. The van der Waals surface area contributed by atoms with Crippen molar-refractivity contribution in [3.63, 3.8) is 0 Å². The number of hydrogen-bond acceptors (Lipinski definition) is 10. The molecule has 2 aromatic carbocycles. The van der Waals surface area contributed by atoms with Crippen LogP contribution < -0.4 is 15.4 Å². The molecule has 4 aromatic rings. The van der Waals surface area contributed by atoms with Crippen molar-refractivity contribution in [1.82, 2.24) is 24.6 Å². The minimum Gasteiger partial charge on any atom is -0.464 e. The molecule has 2 aliphatic rings. The lowest BCUT2D eigenvalue weighted by molar-refractivity contribution is -0.198. The van der Waals surface area contributed by atoms with Gasteiger partial charge in [-0.2, -0.15) is 28.2 Å². The SMILES string of the molecule is CCOC(=O)C1CC2(CCN(c3cc(O[C@H](c4ccccc4-n4ccc(C)n4)C(F)(F)F)nc(N)n3)CC2)CN1C(=O)OCc1ccccc1. The van der Waals surface area contributed by atoms with E-state index in [1.807, 2.05) is 35.2 Å². The van der Waals surface area contributed by atoms with Gasteiger partial charge in [0, 0.05) is 37.5 Å². The number of aryl methyl sites for hydroxylation is 1. The number of halogens is 3. The Morgan fingerprint density at radius 3 is 2.42 bits per heavy atom. The molecule has 0 radical (unpaired) electrons. The number of hydrogen-bond donors (Lipinski definition) is 1. The predicted octanol–water partition coefficient (Wildman–Crippen LogP) is 5.80. The summed E-state index contributed by atoms with van der Waals surface area (Å²) in [6, 6.07) is 17.5. The highest BCUT2D eigenvalue weighted by Gasteiger charge is 2.51. The quantitative estimate of drug-likeness (QED) is 0.214. The van der Waals surface area contributed by atoms with Gasteiger partial charge in [-0.25, -0.2) is 14.3 Å². The van der Waals surface area contributed by atoms with E-state index in [1.54, 1.807) is 32.2 Å². The molecule has 6 rings (SSSR count). The fourth-order valence-electron chi connectivity index (χ4n) is 6.62. The number of alkyl halides is 3. The van der Waals surface area contributed by atoms with E-state index in [4.69, 9.17) is 19.9 Å². The minimum atomic E-state index is -4.80. The molecule has 0 saturated carbocycles. The second kappa shape index (κ2) is 14.3. The van der Waals surface area contributed by atoms with E-state index >= 15 is 0 Å². The summed E-state index contributed by atoms with van der Waals surface area (Å²) in [6.45, 7) is 4.85. The van der Waals surface area contributed by atoms with Gasteiger partial charge < -0.3 is 24.8 Å². The molecular weight excluding hydrogens is 655 g/mol. The number of esters is 1. The number of benzene rings is 2. The maximum absolute atomic E-state index is 14.6. The van der Waals surface area contributed by atoms with Gasteiger partial charge in [-0.15, -0.1) is 0 Å². The molecule has 1 amide bonds. The van der Waals surface area contributed by atoms with Crippen LogP contribution in [0.25, 0.3) is 5.69 Å². The molecule has 2 fully saturated rings. The Labute approximate surface area is 286 Å². The van der Waals surface area contributed by atoms with Crippen LogP contribution in [0, 0.1) is 12.3 Å². The normalized spacial score (nSPS) is 17.8. The van der Waals surface area contributed by atoms with Crippen molar-refractivity contribution in [2.75, 3.05) is 36.9 Å². The van der Waals surface area contributed by atoms with Crippen LogP contribution in [0.1, 0.15) is 49.1 Å². The molecule has 1 unspecified atom stereocenters. The van der Waals surface area contributed by atoms with Crippen LogP contribution in [0.4, 0.5) is 29.7 Å². The lowest BCUT2D eigenvalue weighted by Gasteiger charge is -2.39. The van der Waals surface area contributed by atoms with Crippen molar-refractivity contribution in [3.8, 4) is 11.6 Å². The number of anilines is 2. The number of para-hydroxylation sites is 1. The Hall–Kier alpha value is -5.34. The summed E-state index contributed by atoms with van der Waals surface area (Å²) in [5.41, 5.74) is 7.12. The minimum absolute atomic E-state index is 0.0652. The van der Waals surface area contributed by atoms with E-state index in [0.717, 1.165) is 5.56 Å². The standard InChI is InChI=1S/C35H38F3N7O5/c1-3-48-31(46)27-20-34(22-44(27)33(47)49-21-24-9-5-4-6-10-24)14-17-43(18-15-34)28-19-29(41-32(39)40-28)50-30(35(36,37)38)25-11-7-8-12-26(25)45-16-13-23(2)42-45/h4-13,16,19,27,30H,3,14-15,17-18,20-22H2,1-2H3,(H2,39,40,41)/t27?,30-/m1/s1. The molecule has 2 aromatic heterocycles. The number of aromatic nitrogens is 4. The summed E-state index contributed by atoms with van der Waals surface area (Å²) in [7, 11) is 0. The number of carbonyl (C=O) groups is 2. The zero-order valence-corrected chi connectivity index (χ0v) is 27.7. The van der Waals surface area contributed by atoms with Crippen molar-refractivity contribution >= 4 is 23.8 Å².